The minimum absolute atomic E-state index is 0.0383. The van der Waals surface area contributed by atoms with Crippen LogP contribution < -0.4 is 19.7 Å². The Morgan fingerprint density at radius 2 is 2.08 bits per heavy atom. The molecule has 1 heterocycles. The smallest absolute Gasteiger partial charge is 0.331 e. The quantitative estimate of drug-likeness (QED) is 0.670. The molecule has 0 atom stereocenters. The first-order chi connectivity index (χ1) is 12.1. The summed E-state index contributed by atoms with van der Waals surface area (Å²) in [6, 6.07) is 12.8. The van der Waals surface area contributed by atoms with Gasteiger partial charge >= 0.3 is 5.97 Å². The number of para-hydroxylation sites is 2. The summed E-state index contributed by atoms with van der Waals surface area (Å²) in [6.07, 6.45) is 0. The van der Waals surface area contributed by atoms with Gasteiger partial charge in [-0.15, -0.1) is 0 Å². The molecule has 0 radical (unpaired) electrons. The summed E-state index contributed by atoms with van der Waals surface area (Å²) in [5.74, 6) is 0.500. The molecular formula is C19H20N2O4. The number of carbonyl (C=O) groups excluding carboxylic acids is 2. The number of amides is 1. The largest absolute Gasteiger partial charge is 0.492 e. The van der Waals surface area contributed by atoms with Gasteiger partial charge in [0.2, 0.25) is 5.91 Å². The second-order valence-corrected chi connectivity index (χ2v) is 5.78. The normalized spacial score (nSPS) is 13.0. The van der Waals surface area contributed by atoms with E-state index in [0.29, 0.717) is 23.8 Å². The number of aryl methyl sites for hydroxylation is 1. The van der Waals surface area contributed by atoms with Crippen LogP contribution in [-0.4, -0.2) is 31.6 Å². The monoisotopic (exact) mass is 340 g/mol. The Kier molecular flexibility index (Phi) is 4.88. The average molecular weight is 340 g/mol. The molecule has 0 spiro atoms. The summed E-state index contributed by atoms with van der Waals surface area (Å²) < 4.78 is 10.8. The number of ether oxygens (including phenoxy) is 2. The summed E-state index contributed by atoms with van der Waals surface area (Å²) in [5, 5.41) is 2.84. The van der Waals surface area contributed by atoms with Gasteiger partial charge in [-0.3, -0.25) is 4.79 Å². The Morgan fingerprint density at radius 3 is 2.88 bits per heavy atom. The van der Waals surface area contributed by atoms with Crippen LogP contribution in [0.3, 0.4) is 0 Å². The van der Waals surface area contributed by atoms with Crippen LogP contribution >= 0.6 is 0 Å². The number of nitrogens with one attached hydrogen (secondary N) is 1. The van der Waals surface area contributed by atoms with Crippen molar-refractivity contribution in [3.63, 3.8) is 0 Å². The van der Waals surface area contributed by atoms with Crippen LogP contribution in [0.15, 0.2) is 42.5 Å². The molecule has 3 rings (SSSR count). The van der Waals surface area contributed by atoms with Crippen molar-refractivity contribution >= 4 is 23.3 Å². The number of benzene rings is 2. The highest BCUT2D eigenvalue weighted by molar-refractivity contribution is 5.97. The molecule has 0 saturated heterocycles. The molecule has 0 bridgehead atoms. The number of fused-ring (bicyclic) bond motifs is 1. The van der Waals surface area contributed by atoms with Gasteiger partial charge in [0.25, 0.3) is 0 Å². The van der Waals surface area contributed by atoms with Gasteiger partial charge in [-0.2, -0.15) is 0 Å². The molecule has 1 aliphatic heterocycles. The van der Waals surface area contributed by atoms with Crippen LogP contribution in [0.5, 0.6) is 11.5 Å². The van der Waals surface area contributed by atoms with Crippen LogP contribution in [0.25, 0.3) is 0 Å². The van der Waals surface area contributed by atoms with Crippen molar-refractivity contribution in [2.24, 2.45) is 0 Å². The van der Waals surface area contributed by atoms with Crippen LogP contribution in [0, 0.1) is 6.92 Å². The fraction of sp³-hybridized carbons (Fsp3) is 0.263. The van der Waals surface area contributed by atoms with E-state index in [-0.39, 0.29) is 25.0 Å². The van der Waals surface area contributed by atoms with E-state index in [0.717, 1.165) is 11.3 Å². The molecule has 2 aromatic carbocycles. The topological polar surface area (TPSA) is 67.9 Å². The fourth-order valence-corrected chi connectivity index (χ4v) is 2.72. The molecule has 0 aliphatic carbocycles. The van der Waals surface area contributed by atoms with E-state index in [4.69, 9.17) is 9.47 Å². The second kappa shape index (κ2) is 7.25. The average Bonchev–Trinajstić information content (AvgIpc) is 2.56. The number of nitrogens with zero attached hydrogens (tertiary/aromatic N) is 1. The van der Waals surface area contributed by atoms with E-state index in [1.54, 1.807) is 23.1 Å². The third-order valence-electron chi connectivity index (χ3n) is 3.80. The van der Waals surface area contributed by atoms with Crippen molar-refractivity contribution in [3.8, 4) is 11.5 Å². The molecule has 1 N–H and O–H groups in total. The highest BCUT2D eigenvalue weighted by Gasteiger charge is 2.25. The van der Waals surface area contributed by atoms with Crippen molar-refractivity contribution in [1.82, 2.24) is 0 Å². The number of esters is 1. The third kappa shape index (κ3) is 3.91. The minimum atomic E-state index is -0.374. The maximum atomic E-state index is 12.5. The molecule has 0 unspecified atom stereocenters. The van der Waals surface area contributed by atoms with E-state index in [2.05, 4.69) is 5.32 Å². The van der Waals surface area contributed by atoms with E-state index >= 15 is 0 Å². The van der Waals surface area contributed by atoms with E-state index in [1.807, 2.05) is 38.1 Å². The number of rotatable bonds is 5. The fourth-order valence-electron chi connectivity index (χ4n) is 2.72. The SMILES string of the molecule is CCOc1ccccc1NC(=O)CN1CC(=O)Oc2cc(C)ccc21. The number of carbonyl (C=O) groups is 2. The maximum Gasteiger partial charge on any atom is 0.331 e. The lowest BCUT2D eigenvalue weighted by Gasteiger charge is -2.29. The van der Waals surface area contributed by atoms with Crippen LogP contribution in [0.2, 0.25) is 0 Å². The standard InChI is InChI=1S/C19H20N2O4/c1-3-24-16-7-5-4-6-14(16)20-18(22)11-21-12-19(23)25-17-10-13(2)8-9-15(17)21/h4-10H,3,11-12H2,1-2H3,(H,20,22). The highest BCUT2D eigenvalue weighted by atomic mass is 16.5. The summed E-state index contributed by atoms with van der Waals surface area (Å²) in [4.78, 5) is 26.0. The zero-order valence-corrected chi connectivity index (χ0v) is 14.2. The van der Waals surface area contributed by atoms with E-state index < -0.39 is 0 Å². The predicted molar refractivity (Wildman–Crippen MR) is 95.3 cm³/mol. The van der Waals surface area contributed by atoms with Gasteiger partial charge in [0.15, 0.2) is 5.75 Å². The van der Waals surface area contributed by atoms with E-state index in [1.165, 1.54) is 0 Å². The Morgan fingerprint density at radius 1 is 1.28 bits per heavy atom. The third-order valence-corrected chi connectivity index (χ3v) is 3.80. The second-order valence-electron chi connectivity index (χ2n) is 5.78. The van der Waals surface area contributed by atoms with Gasteiger partial charge in [-0.1, -0.05) is 18.2 Å². The van der Waals surface area contributed by atoms with Gasteiger partial charge in [0.05, 0.1) is 24.5 Å². The van der Waals surface area contributed by atoms with Gasteiger partial charge in [0.1, 0.15) is 12.3 Å². The van der Waals surface area contributed by atoms with Crippen LogP contribution in [-0.2, 0) is 9.59 Å². The zero-order valence-electron chi connectivity index (χ0n) is 14.2. The highest BCUT2D eigenvalue weighted by Crippen LogP contribution is 2.32. The molecule has 2 aromatic rings. The van der Waals surface area contributed by atoms with Crippen LogP contribution in [0.4, 0.5) is 11.4 Å². The van der Waals surface area contributed by atoms with Gasteiger partial charge in [-0.05, 0) is 43.7 Å². The summed E-state index contributed by atoms with van der Waals surface area (Å²) in [6.45, 7) is 4.40. The molecule has 1 aliphatic rings. The molecule has 0 fully saturated rings. The minimum Gasteiger partial charge on any atom is -0.492 e. The molecular weight excluding hydrogens is 320 g/mol. The summed E-state index contributed by atoms with van der Waals surface area (Å²) >= 11 is 0. The Labute approximate surface area is 146 Å². The number of hydrogen-bond donors (Lipinski definition) is 1. The molecule has 130 valence electrons. The van der Waals surface area contributed by atoms with Crippen molar-refractivity contribution in [1.29, 1.82) is 0 Å². The van der Waals surface area contributed by atoms with Crippen molar-refractivity contribution in [3.05, 3.63) is 48.0 Å². The molecule has 25 heavy (non-hydrogen) atoms. The first-order valence-corrected chi connectivity index (χ1v) is 8.14. The lowest BCUT2D eigenvalue weighted by atomic mass is 10.1. The van der Waals surface area contributed by atoms with Crippen molar-refractivity contribution in [2.45, 2.75) is 13.8 Å². The van der Waals surface area contributed by atoms with Gasteiger partial charge in [-0.25, -0.2) is 4.79 Å². The molecule has 0 aromatic heterocycles. The number of anilines is 2. The maximum absolute atomic E-state index is 12.5. The lowest BCUT2D eigenvalue weighted by Crippen LogP contribution is -2.41. The van der Waals surface area contributed by atoms with Crippen molar-refractivity contribution < 1.29 is 19.1 Å². The van der Waals surface area contributed by atoms with E-state index in [9.17, 15) is 9.59 Å². The molecule has 6 heteroatoms. The Bertz CT molecular complexity index is 804. The zero-order chi connectivity index (χ0) is 17.8. The molecule has 1 amide bonds. The predicted octanol–water partition coefficient (Wildman–Crippen LogP) is 2.76. The van der Waals surface area contributed by atoms with Gasteiger partial charge < -0.3 is 19.7 Å². The first kappa shape index (κ1) is 16.8. The lowest BCUT2D eigenvalue weighted by molar-refractivity contribution is -0.133. The van der Waals surface area contributed by atoms with Crippen molar-refractivity contribution in [2.75, 3.05) is 29.9 Å². The number of hydrogen-bond acceptors (Lipinski definition) is 5. The Hall–Kier alpha value is -3.02. The summed E-state index contributed by atoms with van der Waals surface area (Å²) in [5.41, 5.74) is 2.33. The van der Waals surface area contributed by atoms with Gasteiger partial charge in [0, 0.05) is 0 Å². The Balaban J connectivity index is 1.75. The summed E-state index contributed by atoms with van der Waals surface area (Å²) in [7, 11) is 0. The molecule has 0 saturated carbocycles. The molecule has 6 nitrogen and oxygen atoms in total. The first-order valence-electron chi connectivity index (χ1n) is 8.14. The van der Waals surface area contributed by atoms with Crippen LogP contribution in [0.1, 0.15) is 12.5 Å².